The number of fused-ring (bicyclic) bond motifs is 3. The van der Waals surface area contributed by atoms with Crippen molar-refractivity contribution in [3.05, 3.63) is 59.3 Å². The Morgan fingerprint density at radius 2 is 2.00 bits per heavy atom. The molecule has 0 saturated carbocycles. The minimum Gasteiger partial charge on any atom is -0.517 e. The Labute approximate surface area is 178 Å². The van der Waals surface area contributed by atoms with Gasteiger partial charge in [-0.3, -0.25) is 9.78 Å². The topological polar surface area (TPSA) is 76.2 Å². The fourth-order valence-electron chi connectivity index (χ4n) is 3.24. The summed E-state index contributed by atoms with van der Waals surface area (Å²) < 4.78 is 6.08. The molecule has 28 heavy (non-hydrogen) atoms. The number of carbonyl (C=O) groups excluding carboxylic acids is 1. The van der Waals surface area contributed by atoms with Crippen LogP contribution >= 0.6 is 0 Å². The van der Waals surface area contributed by atoms with Gasteiger partial charge in [-0.05, 0) is 58.0 Å². The second kappa shape index (κ2) is 9.76. The van der Waals surface area contributed by atoms with Crippen molar-refractivity contribution in [3.8, 4) is 11.3 Å². The van der Waals surface area contributed by atoms with Crippen molar-refractivity contribution in [3.63, 3.8) is 0 Å². The standard InChI is InChI=1S/C17H15N2O.C5H8O2.Ir/c1-11-6-8-18-14(10-11)12-7-9-19-16-13-4-2-3-5-15(13)20-17(12)16;1-4(6)3-5(2)7;/h6,8-10H,2-5H2,1H3;3,6H,1-2H3;/q-1;;/b;4-3-;. The maximum atomic E-state index is 10.0. The van der Waals surface area contributed by atoms with Crippen molar-refractivity contribution in [1.82, 2.24) is 9.97 Å². The van der Waals surface area contributed by atoms with Crippen molar-refractivity contribution in [2.75, 3.05) is 0 Å². The van der Waals surface area contributed by atoms with Crippen LogP contribution in [0.2, 0.25) is 0 Å². The van der Waals surface area contributed by atoms with Crippen LogP contribution in [0.4, 0.5) is 0 Å². The first-order valence-corrected chi connectivity index (χ1v) is 9.07. The van der Waals surface area contributed by atoms with Gasteiger partial charge in [-0.1, -0.05) is 11.6 Å². The monoisotopic (exact) mass is 556 g/mol. The van der Waals surface area contributed by atoms with Crippen LogP contribution in [0, 0.1) is 13.0 Å². The summed E-state index contributed by atoms with van der Waals surface area (Å²) in [7, 11) is 0. The van der Waals surface area contributed by atoms with E-state index in [9.17, 15) is 4.79 Å². The summed E-state index contributed by atoms with van der Waals surface area (Å²) in [6, 6.07) is 7.25. The third-order valence-corrected chi connectivity index (χ3v) is 4.36. The number of rotatable bonds is 2. The van der Waals surface area contributed by atoms with Gasteiger partial charge in [-0.25, -0.2) is 0 Å². The van der Waals surface area contributed by atoms with Gasteiger partial charge in [0.05, 0.1) is 17.0 Å². The van der Waals surface area contributed by atoms with Crippen LogP contribution in [0.3, 0.4) is 0 Å². The molecule has 0 bridgehead atoms. The van der Waals surface area contributed by atoms with Gasteiger partial charge in [0.1, 0.15) is 0 Å². The number of furan rings is 1. The molecule has 1 aliphatic carbocycles. The van der Waals surface area contributed by atoms with Gasteiger partial charge in [0.25, 0.3) is 0 Å². The van der Waals surface area contributed by atoms with Crippen LogP contribution in [-0.4, -0.2) is 20.9 Å². The molecule has 4 rings (SSSR count). The molecule has 3 heterocycles. The number of carbonyl (C=O) groups is 1. The van der Waals surface area contributed by atoms with Gasteiger partial charge >= 0.3 is 0 Å². The Morgan fingerprint density at radius 1 is 1.25 bits per heavy atom. The van der Waals surface area contributed by atoms with E-state index < -0.39 is 0 Å². The van der Waals surface area contributed by atoms with Crippen molar-refractivity contribution in [2.45, 2.75) is 46.5 Å². The number of nitrogens with zero attached hydrogens (tertiary/aromatic N) is 2. The number of aliphatic hydroxyl groups is 1. The van der Waals surface area contributed by atoms with E-state index in [1.807, 2.05) is 12.3 Å². The van der Waals surface area contributed by atoms with E-state index in [1.54, 1.807) is 6.20 Å². The number of aryl methyl sites for hydroxylation is 3. The smallest absolute Gasteiger partial charge is 0.155 e. The molecule has 0 unspecified atom stereocenters. The second-order valence-electron chi connectivity index (χ2n) is 6.78. The first-order valence-electron chi connectivity index (χ1n) is 9.07. The number of aromatic nitrogens is 2. The van der Waals surface area contributed by atoms with Gasteiger partial charge in [-0.2, -0.15) is 6.07 Å². The average Bonchev–Trinajstić information content (AvgIpc) is 3.00. The zero-order valence-corrected chi connectivity index (χ0v) is 18.6. The number of ketones is 1. The zero-order chi connectivity index (χ0) is 19.4. The van der Waals surface area contributed by atoms with Crippen LogP contribution in [0.25, 0.3) is 22.4 Å². The maximum absolute atomic E-state index is 10.0. The van der Waals surface area contributed by atoms with E-state index in [4.69, 9.17) is 9.52 Å². The molecule has 5 nitrogen and oxygen atoms in total. The fourth-order valence-corrected chi connectivity index (χ4v) is 3.24. The molecule has 0 saturated heterocycles. The molecule has 1 radical (unpaired) electrons. The Morgan fingerprint density at radius 3 is 2.64 bits per heavy atom. The van der Waals surface area contributed by atoms with Crippen molar-refractivity contribution < 1.29 is 34.4 Å². The Kier molecular flexibility index (Phi) is 7.67. The zero-order valence-electron chi connectivity index (χ0n) is 16.2. The second-order valence-corrected chi connectivity index (χ2v) is 6.78. The van der Waals surface area contributed by atoms with Crippen molar-refractivity contribution in [2.24, 2.45) is 0 Å². The number of allylic oxidation sites excluding steroid dienone is 2. The quantitative estimate of drug-likeness (QED) is 0.276. The molecule has 0 spiro atoms. The summed E-state index contributed by atoms with van der Waals surface area (Å²) in [4.78, 5) is 19.0. The molecule has 0 fully saturated rings. The van der Waals surface area contributed by atoms with E-state index >= 15 is 0 Å². The molecule has 6 heteroatoms. The Hall–Kier alpha value is -2.30. The summed E-state index contributed by atoms with van der Waals surface area (Å²) in [5.41, 5.74) is 6.14. The molecule has 0 aromatic carbocycles. The van der Waals surface area contributed by atoms with E-state index in [-0.39, 0.29) is 31.6 Å². The summed E-state index contributed by atoms with van der Waals surface area (Å²) in [5, 5.41) is 8.36. The Balaban J connectivity index is 0.000000306. The third-order valence-electron chi connectivity index (χ3n) is 4.36. The molecule has 1 N–H and O–H groups in total. The number of pyridine rings is 2. The van der Waals surface area contributed by atoms with Crippen LogP contribution in [0.15, 0.2) is 40.8 Å². The van der Waals surface area contributed by atoms with Crippen LogP contribution in [-0.2, 0) is 37.7 Å². The van der Waals surface area contributed by atoms with Gasteiger partial charge in [0.15, 0.2) is 5.78 Å². The molecular weight excluding hydrogens is 532 g/mol. The SMILES string of the molecule is CC(=O)/C=C(/C)O.Cc1ccnc(-c2[c-]cnc3c4c(oc23)CCCC4)c1.[Ir]. The Bertz CT molecular complexity index is 1000. The molecule has 0 aliphatic heterocycles. The molecule has 3 aromatic heterocycles. The first kappa shape index (κ1) is 22.0. The van der Waals surface area contributed by atoms with Gasteiger partial charge in [-0.15, -0.1) is 5.56 Å². The van der Waals surface area contributed by atoms with Gasteiger partial charge in [0.2, 0.25) is 0 Å². The predicted molar refractivity (Wildman–Crippen MR) is 105 cm³/mol. The number of aliphatic hydroxyl groups excluding tert-OH is 1. The molecule has 3 aromatic rings. The predicted octanol–water partition coefficient (Wildman–Crippen LogP) is 4.91. The third kappa shape index (κ3) is 5.15. The molecule has 1 aliphatic rings. The van der Waals surface area contributed by atoms with E-state index in [0.717, 1.165) is 41.0 Å². The van der Waals surface area contributed by atoms with E-state index in [1.165, 1.54) is 43.9 Å². The molecule has 0 amide bonds. The normalized spacial score (nSPS) is 13.2. The summed E-state index contributed by atoms with van der Waals surface area (Å²) in [6.45, 7) is 4.91. The first-order chi connectivity index (χ1) is 13.0. The van der Waals surface area contributed by atoms with Crippen molar-refractivity contribution >= 4 is 16.9 Å². The van der Waals surface area contributed by atoms with Crippen LogP contribution in [0.5, 0.6) is 0 Å². The summed E-state index contributed by atoms with van der Waals surface area (Å²) >= 11 is 0. The van der Waals surface area contributed by atoms with E-state index in [0.29, 0.717) is 0 Å². The minimum absolute atomic E-state index is 0. The van der Waals surface area contributed by atoms with Crippen LogP contribution in [0.1, 0.15) is 43.6 Å². The molecule has 0 atom stereocenters. The average molecular weight is 556 g/mol. The molecular formula is C22H23IrN2O3-. The van der Waals surface area contributed by atoms with Gasteiger partial charge < -0.3 is 14.5 Å². The summed E-state index contributed by atoms with van der Waals surface area (Å²) in [6.07, 6.45) is 9.25. The van der Waals surface area contributed by atoms with E-state index in [2.05, 4.69) is 29.0 Å². The fraction of sp³-hybridized carbons (Fsp3) is 0.318. The largest absolute Gasteiger partial charge is 0.517 e. The van der Waals surface area contributed by atoms with Gasteiger partial charge in [0, 0.05) is 49.9 Å². The number of hydrogen-bond donors (Lipinski definition) is 1. The summed E-state index contributed by atoms with van der Waals surface area (Å²) in [5.74, 6) is 1.04. The molecule has 149 valence electrons. The minimum atomic E-state index is -0.125. The van der Waals surface area contributed by atoms with Crippen LogP contribution < -0.4 is 0 Å². The maximum Gasteiger partial charge on any atom is 0.155 e. The number of hydrogen-bond acceptors (Lipinski definition) is 5. The van der Waals surface area contributed by atoms with Crippen molar-refractivity contribution in [1.29, 1.82) is 0 Å².